The summed E-state index contributed by atoms with van der Waals surface area (Å²) >= 11 is 0. The van der Waals surface area contributed by atoms with Gasteiger partial charge in [0.1, 0.15) is 23.0 Å². The van der Waals surface area contributed by atoms with Crippen LogP contribution in [0.5, 0.6) is 23.0 Å². The molecule has 1 atom stereocenters. The lowest BCUT2D eigenvalue weighted by Crippen LogP contribution is -2.31. The Bertz CT molecular complexity index is 3520. The third kappa shape index (κ3) is 18.4. The topological polar surface area (TPSA) is 124 Å². The van der Waals surface area contributed by atoms with Crippen molar-refractivity contribution in [2.45, 2.75) is 134 Å². The molecule has 1 aliphatic carbocycles. The molecule has 9 rings (SSSR count). The van der Waals surface area contributed by atoms with Crippen molar-refractivity contribution in [1.82, 2.24) is 0 Å². The van der Waals surface area contributed by atoms with Gasteiger partial charge >= 0.3 is 23.9 Å². The molecule has 0 aliphatic heterocycles. The van der Waals surface area contributed by atoms with Gasteiger partial charge in [-0.2, -0.15) is 0 Å². The minimum absolute atomic E-state index is 0.335. The molecule has 0 bridgehead atoms. The summed E-state index contributed by atoms with van der Waals surface area (Å²) < 4.78 is 34.1. The van der Waals surface area contributed by atoms with Gasteiger partial charge in [0.15, 0.2) is 0 Å². The van der Waals surface area contributed by atoms with Gasteiger partial charge in [0.2, 0.25) is 6.29 Å². The van der Waals surface area contributed by atoms with Gasteiger partial charge in [-0.3, -0.25) is 0 Å². The van der Waals surface area contributed by atoms with Gasteiger partial charge in [0.05, 0.1) is 24.3 Å². The van der Waals surface area contributed by atoms with E-state index >= 15 is 0 Å². The van der Waals surface area contributed by atoms with Crippen molar-refractivity contribution in [2.24, 2.45) is 0 Å². The van der Waals surface area contributed by atoms with Crippen molar-refractivity contribution in [3.05, 3.63) is 253 Å². The first-order chi connectivity index (χ1) is 43.6. The van der Waals surface area contributed by atoms with Crippen molar-refractivity contribution in [3.63, 3.8) is 0 Å². The second-order valence-corrected chi connectivity index (χ2v) is 22.9. The lowest BCUT2D eigenvalue weighted by molar-refractivity contribution is -0.158. The minimum Gasteiger partial charge on any atom is -0.494 e. The Morgan fingerprint density at radius 1 is 0.416 bits per heavy atom. The van der Waals surface area contributed by atoms with Gasteiger partial charge in [0.25, 0.3) is 0 Å². The van der Waals surface area contributed by atoms with Crippen molar-refractivity contribution < 1.29 is 47.6 Å². The molecule has 0 fully saturated rings. The molecule has 1 unspecified atom stereocenters. The van der Waals surface area contributed by atoms with Crippen LogP contribution in [0.4, 0.5) is 0 Å². The Kier molecular flexibility index (Phi) is 23.9. The summed E-state index contributed by atoms with van der Waals surface area (Å²) in [5.74, 6) is 0.281. The second-order valence-electron chi connectivity index (χ2n) is 22.9. The van der Waals surface area contributed by atoms with Gasteiger partial charge in [0, 0.05) is 24.0 Å². The summed E-state index contributed by atoms with van der Waals surface area (Å²) in [5, 5.41) is 0. The Hall–Kier alpha value is -9.28. The van der Waals surface area contributed by atoms with E-state index in [0.717, 1.165) is 105 Å². The van der Waals surface area contributed by atoms with Crippen molar-refractivity contribution in [1.29, 1.82) is 0 Å². The highest BCUT2D eigenvalue weighted by molar-refractivity contribution is 5.92. The highest BCUT2D eigenvalue weighted by Gasteiger charge is 2.43. The zero-order valence-corrected chi connectivity index (χ0v) is 51.3. The minimum atomic E-state index is -0.755. The number of carbonyl (C=O) groups is 4. The van der Waals surface area contributed by atoms with E-state index < -0.39 is 24.2 Å². The smallest absolute Gasteiger partial charge is 0.343 e. The third-order valence-corrected chi connectivity index (χ3v) is 16.5. The summed E-state index contributed by atoms with van der Waals surface area (Å²) in [4.78, 5) is 49.6. The third-order valence-electron chi connectivity index (χ3n) is 16.5. The SMILES string of the molecule is C=CC(=O)OCCCCCCCCCCOc1ccc(C(=O)Oc2ccc(-c3ccc(CC4(Cc5ccc(-c6ccc(OC(=O)c7ccc(OC(CCCCCCCCC)OC(=O)C=C)cc7)cc6)cc5)c5ccccc5-c5ccccc54)cc3)cc2)cc1. The van der Waals surface area contributed by atoms with Gasteiger partial charge in [-0.05, 0) is 161 Å². The highest BCUT2D eigenvalue weighted by atomic mass is 16.7. The van der Waals surface area contributed by atoms with E-state index in [1.54, 1.807) is 36.4 Å². The van der Waals surface area contributed by atoms with Gasteiger partial charge < -0.3 is 28.4 Å². The number of hydrogen-bond donors (Lipinski definition) is 0. The number of esters is 4. The molecule has 458 valence electrons. The number of ether oxygens (including phenoxy) is 6. The van der Waals surface area contributed by atoms with Crippen LogP contribution in [0.1, 0.15) is 153 Å². The van der Waals surface area contributed by atoms with Crippen LogP contribution < -0.4 is 18.9 Å². The quantitative estimate of drug-likeness (QED) is 0.0125. The molecule has 0 heterocycles. The van der Waals surface area contributed by atoms with Crippen LogP contribution in [0, 0.1) is 0 Å². The monoisotopic (exact) mass is 1190 g/mol. The van der Waals surface area contributed by atoms with Gasteiger partial charge in [-0.25, -0.2) is 19.2 Å². The van der Waals surface area contributed by atoms with E-state index in [1.165, 1.54) is 78.0 Å². The summed E-state index contributed by atoms with van der Waals surface area (Å²) in [6.07, 6.45) is 20.3. The molecular weight excluding hydrogens is 1110 g/mol. The number of hydrogen-bond acceptors (Lipinski definition) is 10. The fourth-order valence-corrected chi connectivity index (χ4v) is 11.7. The molecule has 0 spiro atoms. The van der Waals surface area contributed by atoms with Crippen LogP contribution in [0.25, 0.3) is 33.4 Å². The molecule has 0 saturated carbocycles. The first-order valence-electron chi connectivity index (χ1n) is 31.8. The molecule has 10 heteroatoms. The standard InChI is InChI=1S/C79H82O10/c1-4-7-8-9-12-15-18-29-76(89-75(81)6-3)86-67-52-44-65(45-53-67)78(83)88-69-50-40-63(41-51-69)61-36-32-59(33-37-61)57-79(72-27-21-19-25-70(72)71-26-20-22-28-73(71)79)56-58-30-34-60(35-31-58)62-38-48-68(49-39-62)87-77(82)64-42-46-66(47-43-64)84-54-23-16-13-10-11-14-17-24-55-85-74(80)5-2/h5-6,19-22,25-28,30-53,76H,2-4,7-18,23-24,29,54-57H2,1H3. The molecule has 0 radical (unpaired) electrons. The van der Waals surface area contributed by atoms with Crippen LogP contribution in [0.3, 0.4) is 0 Å². The Morgan fingerprint density at radius 3 is 1.27 bits per heavy atom. The predicted molar refractivity (Wildman–Crippen MR) is 354 cm³/mol. The largest absolute Gasteiger partial charge is 0.494 e. The summed E-state index contributed by atoms with van der Waals surface area (Å²) in [6.45, 7) is 10.2. The first kappa shape index (κ1) is 64.2. The predicted octanol–water partition coefficient (Wildman–Crippen LogP) is 19.0. The molecule has 10 nitrogen and oxygen atoms in total. The van der Waals surface area contributed by atoms with E-state index in [4.69, 9.17) is 28.4 Å². The van der Waals surface area contributed by atoms with Crippen LogP contribution in [-0.4, -0.2) is 43.4 Å². The number of fused-ring (bicyclic) bond motifs is 3. The molecule has 0 aromatic heterocycles. The number of carbonyl (C=O) groups excluding carboxylic acids is 4. The fraction of sp³-hybridized carbons (Fsp3) is 0.291. The fourth-order valence-electron chi connectivity index (χ4n) is 11.7. The summed E-state index contributed by atoms with van der Waals surface area (Å²) in [6, 6.07) is 64.2. The maximum Gasteiger partial charge on any atom is 0.343 e. The maximum atomic E-state index is 13.3. The summed E-state index contributed by atoms with van der Waals surface area (Å²) in [7, 11) is 0. The molecule has 89 heavy (non-hydrogen) atoms. The molecule has 0 N–H and O–H groups in total. The van der Waals surface area contributed by atoms with E-state index in [9.17, 15) is 19.2 Å². The molecular formula is C79H82O10. The lowest BCUT2D eigenvalue weighted by Gasteiger charge is -2.33. The summed E-state index contributed by atoms with van der Waals surface area (Å²) in [5.41, 5.74) is 12.2. The molecule has 8 aromatic carbocycles. The highest BCUT2D eigenvalue weighted by Crippen LogP contribution is 2.52. The Morgan fingerprint density at radius 2 is 0.809 bits per heavy atom. The van der Waals surface area contributed by atoms with E-state index in [1.807, 2.05) is 60.7 Å². The van der Waals surface area contributed by atoms with Crippen LogP contribution in [0.15, 0.2) is 219 Å². The second kappa shape index (κ2) is 33.2. The average Bonchev–Trinajstić information content (AvgIpc) is 1.62. The lowest BCUT2D eigenvalue weighted by atomic mass is 9.69. The van der Waals surface area contributed by atoms with E-state index in [0.29, 0.717) is 48.0 Å². The van der Waals surface area contributed by atoms with Crippen molar-refractivity contribution in [3.8, 4) is 56.4 Å². The Labute approximate surface area is 525 Å². The van der Waals surface area contributed by atoms with Crippen LogP contribution >= 0.6 is 0 Å². The zero-order chi connectivity index (χ0) is 62.1. The molecule has 1 aliphatic rings. The van der Waals surface area contributed by atoms with Crippen LogP contribution in [-0.2, 0) is 37.3 Å². The van der Waals surface area contributed by atoms with E-state index in [2.05, 4.69) is 117 Å². The molecule has 0 saturated heterocycles. The molecule has 0 amide bonds. The normalized spacial score (nSPS) is 12.2. The van der Waals surface area contributed by atoms with E-state index in [-0.39, 0.29) is 11.4 Å². The number of unbranched alkanes of at least 4 members (excludes halogenated alkanes) is 13. The maximum absolute atomic E-state index is 13.3. The first-order valence-corrected chi connectivity index (χ1v) is 31.8. The van der Waals surface area contributed by atoms with Crippen molar-refractivity contribution in [2.75, 3.05) is 13.2 Å². The zero-order valence-electron chi connectivity index (χ0n) is 51.3. The van der Waals surface area contributed by atoms with Gasteiger partial charge in [-0.1, -0.05) is 218 Å². The molecule has 8 aromatic rings. The number of rotatable bonds is 35. The van der Waals surface area contributed by atoms with Crippen LogP contribution in [0.2, 0.25) is 0 Å². The number of benzene rings is 8. The van der Waals surface area contributed by atoms with Crippen molar-refractivity contribution >= 4 is 23.9 Å². The Balaban J connectivity index is 0.770. The average molecular weight is 1190 g/mol. The van der Waals surface area contributed by atoms with Gasteiger partial charge in [-0.15, -0.1) is 0 Å².